The molecule has 1 aliphatic heterocycles. The van der Waals surface area contributed by atoms with Crippen LogP contribution < -0.4 is 5.56 Å². The molecule has 2 heterocycles. The standard InChI is InChI=1S/C10H12N2O4/c1-5(10(14)15)8-11-7-4-16-3-2-6(7)9(13)12-8/h5H,2-4H2,1H3,(H,14,15)(H,11,12,13). The largest absolute Gasteiger partial charge is 0.481 e. The van der Waals surface area contributed by atoms with Crippen LogP contribution in [0.4, 0.5) is 0 Å². The van der Waals surface area contributed by atoms with Gasteiger partial charge in [0.2, 0.25) is 0 Å². The summed E-state index contributed by atoms with van der Waals surface area (Å²) in [7, 11) is 0. The zero-order valence-electron chi connectivity index (χ0n) is 8.82. The van der Waals surface area contributed by atoms with Gasteiger partial charge in [-0.25, -0.2) is 4.98 Å². The number of hydrogen-bond acceptors (Lipinski definition) is 4. The van der Waals surface area contributed by atoms with E-state index in [1.807, 2.05) is 0 Å². The van der Waals surface area contributed by atoms with Gasteiger partial charge in [-0.2, -0.15) is 0 Å². The number of carboxylic acid groups (broad SMARTS) is 1. The predicted octanol–water partition coefficient (Wildman–Crippen LogP) is 0.0307. The fraction of sp³-hybridized carbons (Fsp3) is 0.500. The Labute approximate surface area is 91.3 Å². The minimum absolute atomic E-state index is 0.182. The van der Waals surface area contributed by atoms with Crippen LogP contribution >= 0.6 is 0 Å². The molecule has 2 rings (SSSR count). The summed E-state index contributed by atoms with van der Waals surface area (Å²) in [6.45, 7) is 2.26. The highest BCUT2D eigenvalue weighted by Gasteiger charge is 2.21. The first-order valence-electron chi connectivity index (χ1n) is 5.02. The van der Waals surface area contributed by atoms with Gasteiger partial charge in [-0.1, -0.05) is 0 Å². The summed E-state index contributed by atoms with van der Waals surface area (Å²) < 4.78 is 5.18. The smallest absolute Gasteiger partial charge is 0.313 e. The Morgan fingerprint density at radius 2 is 2.38 bits per heavy atom. The zero-order chi connectivity index (χ0) is 11.7. The van der Waals surface area contributed by atoms with Crippen LogP contribution in [-0.4, -0.2) is 27.7 Å². The van der Waals surface area contributed by atoms with E-state index in [4.69, 9.17) is 9.84 Å². The Morgan fingerprint density at radius 3 is 3.06 bits per heavy atom. The summed E-state index contributed by atoms with van der Waals surface area (Å²) in [5, 5.41) is 8.84. The maximum atomic E-state index is 11.7. The second-order valence-corrected chi connectivity index (χ2v) is 3.74. The summed E-state index contributed by atoms with van der Waals surface area (Å²) in [6.07, 6.45) is 0.527. The number of H-pyrrole nitrogens is 1. The SMILES string of the molecule is CC(C(=O)O)c1nc2c(c(=O)[nH]1)CCOC2. The average molecular weight is 224 g/mol. The molecule has 0 radical (unpaired) electrons. The highest BCUT2D eigenvalue weighted by Crippen LogP contribution is 2.14. The molecule has 0 bridgehead atoms. The fourth-order valence-electron chi connectivity index (χ4n) is 1.61. The van der Waals surface area contributed by atoms with Crippen molar-refractivity contribution in [2.45, 2.75) is 25.9 Å². The van der Waals surface area contributed by atoms with Crippen LogP contribution in [0, 0.1) is 0 Å². The van der Waals surface area contributed by atoms with Crippen LogP contribution in [-0.2, 0) is 22.6 Å². The topological polar surface area (TPSA) is 92.3 Å². The number of ether oxygens (including phenoxy) is 1. The van der Waals surface area contributed by atoms with Crippen LogP contribution in [0.1, 0.15) is 29.9 Å². The number of rotatable bonds is 2. The maximum Gasteiger partial charge on any atom is 0.313 e. The van der Waals surface area contributed by atoms with Gasteiger partial charge in [-0.05, 0) is 6.92 Å². The number of fused-ring (bicyclic) bond motifs is 1. The third kappa shape index (κ3) is 1.83. The van der Waals surface area contributed by atoms with Crippen LogP contribution in [0.15, 0.2) is 4.79 Å². The molecule has 1 aromatic rings. The molecule has 0 aromatic carbocycles. The Hall–Kier alpha value is -1.69. The lowest BCUT2D eigenvalue weighted by Crippen LogP contribution is -2.27. The molecule has 16 heavy (non-hydrogen) atoms. The lowest BCUT2D eigenvalue weighted by Gasteiger charge is -2.16. The third-order valence-electron chi connectivity index (χ3n) is 2.64. The highest BCUT2D eigenvalue weighted by molar-refractivity contribution is 5.74. The summed E-state index contributed by atoms with van der Waals surface area (Å²) in [6, 6.07) is 0. The van der Waals surface area contributed by atoms with E-state index >= 15 is 0 Å². The quantitative estimate of drug-likeness (QED) is 0.739. The molecule has 6 heteroatoms. The lowest BCUT2D eigenvalue weighted by atomic mass is 10.1. The van der Waals surface area contributed by atoms with Crippen molar-refractivity contribution in [3.8, 4) is 0 Å². The van der Waals surface area contributed by atoms with Crippen LogP contribution in [0.5, 0.6) is 0 Å². The number of aromatic amines is 1. The maximum absolute atomic E-state index is 11.7. The normalized spacial score (nSPS) is 16.6. The van der Waals surface area contributed by atoms with Gasteiger partial charge in [0.25, 0.3) is 5.56 Å². The second kappa shape index (κ2) is 4.05. The lowest BCUT2D eigenvalue weighted by molar-refractivity contribution is -0.138. The number of hydrogen-bond donors (Lipinski definition) is 2. The van der Waals surface area contributed by atoms with Crippen LogP contribution in [0.3, 0.4) is 0 Å². The van der Waals surface area contributed by atoms with E-state index in [0.717, 1.165) is 0 Å². The summed E-state index contributed by atoms with van der Waals surface area (Å²) in [5.74, 6) is -1.65. The van der Waals surface area contributed by atoms with Crippen molar-refractivity contribution >= 4 is 5.97 Å². The number of nitrogens with one attached hydrogen (secondary N) is 1. The van der Waals surface area contributed by atoms with Crippen molar-refractivity contribution in [2.75, 3.05) is 6.61 Å². The van der Waals surface area contributed by atoms with Crippen LogP contribution in [0.2, 0.25) is 0 Å². The first-order valence-corrected chi connectivity index (χ1v) is 5.02. The van der Waals surface area contributed by atoms with Gasteiger partial charge in [0.1, 0.15) is 11.7 Å². The summed E-state index contributed by atoms with van der Waals surface area (Å²) in [4.78, 5) is 29.1. The molecule has 1 aliphatic rings. The van der Waals surface area contributed by atoms with Gasteiger partial charge in [-0.15, -0.1) is 0 Å². The Morgan fingerprint density at radius 1 is 1.62 bits per heavy atom. The number of carbonyl (C=O) groups is 1. The van der Waals surface area contributed by atoms with Gasteiger partial charge < -0.3 is 14.8 Å². The van der Waals surface area contributed by atoms with Crippen molar-refractivity contribution in [2.24, 2.45) is 0 Å². The molecule has 0 saturated carbocycles. The Bertz CT molecular complexity index is 480. The van der Waals surface area contributed by atoms with E-state index in [-0.39, 0.29) is 18.0 Å². The Kier molecular flexibility index (Phi) is 2.74. The van der Waals surface area contributed by atoms with E-state index < -0.39 is 11.9 Å². The third-order valence-corrected chi connectivity index (χ3v) is 2.64. The molecule has 6 nitrogen and oxygen atoms in total. The van der Waals surface area contributed by atoms with Gasteiger partial charge in [-0.3, -0.25) is 9.59 Å². The van der Waals surface area contributed by atoms with Gasteiger partial charge in [0, 0.05) is 12.0 Å². The van der Waals surface area contributed by atoms with Gasteiger partial charge in [0.05, 0.1) is 18.9 Å². The fourth-order valence-corrected chi connectivity index (χ4v) is 1.61. The average Bonchev–Trinajstić information content (AvgIpc) is 2.28. The molecular weight excluding hydrogens is 212 g/mol. The molecule has 0 aliphatic carbocycles. The minimum Gasteiger partial charge on any atom is -0.481 e. The summed E-state index contributed by atoms with van der Waals surface area (Å²) >= 11 is 0. The number of nitrogens with zero attached hydrogens (tertiary/aromatic N) is 1. The summed E-state index contributed by atoms with van der Waals surface area (Å²) in [5.41, 5.74) is 0.905. The van der Waals surface area contributed by atoms with Crippen molar-refractivity contribution in [1.29, 1.82) is 0 Å². The van der Waals surface area contributed by atoms with E-state index in [1.54, 1.807) is 0 Å². The molecule has 1 unspecified atom stereocenters. The van der Waals surface area contributed by atoms with Crippen molar-refractivity contribution < 1.29 is 14.6 Å². The zero-order valence-corrected chi connectivity index (χ0v) is 8.82. The molecule has 1 atom stereocenters. The molecule has 0 spiro atoms. The number of aliphatic carboxylic acids is 1. The molecule has 0 saturated heterocycles. The molecule has 0 amide bonds. The van der Waals surface area contributed by atoms with Gasteiger partial charge in [0.15, 0.2) is 0 Å². The molecular formula is C10H12N2O4. The molecule has 2 N–H and O–H groups in total. The number of carboxylic acids is 1. The predicted molar refractivity (Wildman–Crippen MR) is 54.3 cm³/mol. The van der Waals surface area contributed by atoms with E-state index in [1.165, 1.54) is 6.92 Å². The monoisotopic (exact) mass is 224 g/mol. The first-order chi connectivity index (χ1) is 7.59. The van der Waals surface area contributed by atoms with Crippen molar-refractivity contribution in [3.63, 3.8) is 0 Å². The van der Waals surface area contributed by atoms with E-state index in [2.05, 4.69) is 9.97 Å². The first kappa shape index (κ1) is 10.8. The minimum atomic E-state index is -1.01. The van der Waals surface area contributed by atoms with Crippen molar-refractivity contribution in [3.05, 3.63) is 27.4 Å². The number of aromatic nitrogens is 2. The van der Waals surface area contributed by atoms with E-state index in [0.29, 0.717) is 24.3 Å². The molecule has 0 fully saturated rings. The molecule has 1 aromatic heterocycles. The highest BCUT2D eigenvalue weighted by atomic mass is 16.5. The van der Waals surface area contributed by atoms with Gasteiger partial charge >= 0.3 is 5.97 Å². The van der Waals surface area contributed by atoms with Crippen molar-refractivity contribution in [1.82, 2.24) is 9.97 Å². The molecule has 86 valence electrons. The Balaban J connectivity index is 2.47. The van der Waals surface area contributed by atoms with Crippen LogP contribution in [0.25, 0.3) is 0 Å². The second-order valence-electron chi connectivity index (χ2n) is 3.74. The van der Waals surface area contributed by atoms with E-state index in [9.17, 15) is 9.59 Å².